The largest absolute Gasteiger partial charge is 0.397 e. The molecule has 2 N–H and O–H groups in total. The number of nitrogens with zero attached hydrogens (tertiary/aromatic N) is 2. The summed E-state index contributed by atoms with van der Waals surface area (Å²) in [5, 5.41) is 0. The van der Waals surface area contributed by atoms with Gasteiger partial charge in [0.1, 0.15) is 0 Å². The lowest BCUT2D eigenvalue weighted by Crippen LogP contribution is -2.25. The molecule has 0 aliphatic carbocycles. The van der Waals surface area contributed by atoms with E-state index in [1.165, 1.54) is 26.2 Å². The minimum atomic E-state index is -3.50. The number of nitrogen functional groups attached to an aromatic ring is 1. The fourth-order valence-electron chi connectivity index (χ4n) is 2.05. The normalized spacial score (nSPS) is 16.4. The third kappa shape index (κ3) is 2.43. The lowest BCUT2D eigenvalue weighted by atomic mass is 10.2. The minimum absolute atomic E-state index is 0.0231. The van der Waals surface area contributed by atoms with E-state index in [0.717, 1.165) is 10.7 Å². The van der Waals surface area contributed by atoms with Crippen molar-refractivity contribution in [2.45, 2.75) is 17.7 Å². The molecule has 1 heterocycles. The Hall–Kier alpha value is -1.60. The van der Waals surface area contributed by atoms with Crippen molar-refractivity contribution in [3.05, 3.63) is 18.2 Å². The monoisotopic (exact) mass is 283 g/mol. The van der Waals surface area contributed by atoms with Crippen LogP contribution in [0.15, 0.2) is 23.1 Å². The molecule has 0 saturated carbocycles. The summed E-state index contributed by atoms with van der Waals surface area (Å²) in [5.41, 5.74) is 6.77. The van der Waals surface area contributed by atoms with E-state index in [-0.39, 0.29) is 10.8 Å². The average molecular weight is 283 g/mol. The van der Waals surface area contributed by atoms with Crippen molar-refractivity contribution in [2.75, 3.05) is 31.3 Å². The van der Waals surface area contributed by atoms with Gasteiger partial charge in [0.2, 0.25) is 15.9 Å². The van der Waals surface area contributed by atoms with E-state index in [1.54, 1.807) is 11.0 Å². The van der Waals surface area contributed by atoms with Crippen LogP contribution in [0, 0.1) is 0 Å². The number of anilines is 2. The highest BCUT2D eigenvalue weighted by atomic mass is 32.2. The number of sulfonamides is 1. The van der Waals surface area contributed by atoms with Gasteiger partial charge in [-0.1, -0.05) is 0 Å². The number of carbonyl (C=O) groups excluding carboxylic acids is 1. The summed E-state index contributed by atoms with van der Waals surface area (Å²) in [5.74, 6) is 0.0231. The molecule has 0 aromatic heterocycles. The first kappa shape index (κ1) is 13.8. The zero-order chi connectivity index (χ0) is 14.2. The second-order valence-electron chi connectivity index (χ2n) is 4.66. The fourth-order valence-corrected chi connectivity index (χ4v) is 2.99. The quantitative estimate of drug-likeness (QED) is 0.825. The summed E-state index contributed by atoms with van der Waals surface area (Å²) >= 11 is 0. The lowest BCUT2D eigenvalue weighted by Gasteiger charge is -2.19. The van der Waals surface area contributed by atoms with E-state index < -0.39 is 10.0 Å². The van der Waals surface area contributed by atoms with Crippen LogP contribution in [0.2, 0.25) is 0 Å². The number of nitrogens with two attached hydrogens (primary N) is 1. The maximum absolute atomic E-state index is 12.0. The van der Waals surface area contributed by atoms with Crippen LogP contribution in [-0.4, -0.2) is 39.3 Å². The molecule has 6 nitrogen and oxygen atoms in total. The number of rotatable bonds is 3. The summed E-state index contributed by atoms with van der Waals surface area (Å²) < 4.78 is 25.1. The Balaban J connectivity index is 2.40. The standard InChI is InChI=1S/C12H17N3O3S/c1-14(2)19(17,18)9-5-6-11(10(13)8-9)15-7-3-4-12(15)16/h5-6,8H,3-4,7,13H2,1-2H3. The highest BCUT2D eigenvalue weighted by Crippen LogP contribution is 2.30. The zero-order valence-electron chi connectivity index (χ0n) is 11.0. The molecule has 1 aromatic rings. The maximum atomic E-state index is 12.0. The fraction of sp³-hybridized carbons (Fsp3) is 0.417. The van der Waals surface area contributed by atoms with Crippen molar-refractivity contribution in [3.8, 4) is 0 Å². The van der Waals surface area contributed by atoms with E-state index in [2.05, 4.69) is 0 Å². The summed E-state index contributed by atoms with van der Waals surface area (Å²) in [4.78, 5) is 13.4. The van der Waals surface area contributed by atoms with Gasteiger partial charge in [-0.25, -0.2) is 12.7 Å². The minimum Gasteiger partial charge on any atom is -0.397 e. The predicted octanol–water partition coefficient (Wildman–Crippen LogP) is 0.646. The van der Waals surface area contributed by atoms with Gasteiger partial charge >= 0.3 is 0 Å². The molecule has 1 saturated heterocycles. The molecule has 1 aliphatic heterocycles. The first-order chi connectivity index (χ1) is 8.84. The van der Waals surface area contributed by atoms with Crippen LogP contribution >= 0.6 is 0 Å². The zero-order valence-corrected chi connectivity index (χ0v) is 11.8. The van der Waals surface area contributed by atoms with Crippen LogP contribution in [-0.2, 0) is 14.8 Å². The summed E-state index contributed by atoms with van der Waals surface area (Å²) in [7, 11) is -0.580. The van der Waals surface area contributed by atoms with Crippen molar-refractivity contribution in [1.82, 2.24) is 4.31 Å². The molecule has 1 aliphatic rings. The van der Waals surface area contributed by atoms with Gasteiger partial charge in [0.25, 0.3) is 0 Å². The number of carbonyl (C=O) groups is 1. The molecule has 0 spiro atoms. The Morgan fingerprint density at radius 2 is 2.00 bits per heavy atom. The average Bonchev–Trinajstić information content (AvgIpc) is 2.75. The van der Waals surface area contributed by atoms with Gasteiger partial charge < -0.3 is 10.6 Å². The van der Waals surface area contributed by atoms with E-state index in [9.17, 15) is 13.2 Å². The molecule has 0 radical (unpaired) electrons. The van der Waals surface area contributed by atoms with Gasteiger partial charge in [-0.05, 0) is 24.6 Å². The van der Waals surface area contributed by atoms with Crippen LogP contribution in [0.4, 0.5) is 11.4 Å². The molecule has 1 fully saturated rings. The lowest BCUT2D eigenvalue weighted by molar-refractivity contribution is -0.117. The van der Waals surface area contributed by atoms with Crippen LogP contribution < -0.4 is 10.6 Å². The molecule has 19 heavy (non-hydrogen) atoms. The van der Waals surface area contributed by atoms with Crippen molar-refractivity contribution < 1.29 is 13.2 Å². The van der Waals surface area contributed by atoms with Crippen molar-refractivity contribution >= 4 is 27.3 Å². The van der Waals surface area contributed by atoms with Crippen LogP contribution in [0.3, 0.4) is 0 Å². The Kier molecular flexibility index (Phi) is 3.51. The van der Waals surface area contributed by atoms with Crippen LogP contribution in [0.5, 0.6) is 0 Å². The van der Waals surface area contributed by atoms with E-state index >= 15 is 0 Å². The van der Waals surface area contributed by atoms with Gasteiger partial charge in [-0.3, -0.25) is 4.79 Å². The predicted molar refractivity (Wildman–Crippen MR) is 73.3 cm³/mol. The summed E-state index contributed by atoms with van der Waals surface area (Å²) in [6.07, 6.45) is 1.31. The number of hydrogen-bond donors (Lipinski definition) is 1. The first-order valence-corrected chi connectivity index (χ1v) is 7.40. The molecule has 2 rings (SSSR count). The van der Waals surface area contributed by atoms with E-state index in [0.29, 0.717) is 24.3 Å². The van der Waals surface area contributed by atoms with Crippen LogP contribution in [0.1, 0.15) is 12.8 Å². The van der Waals surface area contributed by atoms with Gasteiger partial charge in [-0.2, -0.15) is 0 Å². The van der Waals surface area contributed by atoms with Crippen molar-refractivity contribution in [3.63, 3.8) is 0 Å². The second kappa shape index (κ2) is 4.82. The molecule has 1 amide bonds. The third-order valence-corrected chi connectivity index (χ3v) is 4.95. The Morgan fingerprint density at radius 1 is 1.32 bits per heavy atom. The first-order valence-electron chi connectivity index (χ1n) is 5.96. The Morgan fingerprint density at radius 3 is 2.47 bits per heavy atom. The second-order valence-corrected chi connectivity index (χ2v) is 6.81. The maximum Gasteiger partial charge on any atom is 0.242 e. The number of benzene rings is 1. The smallest absolute Gasteiger partial charge is 0.242 e. The van der Waals surface area contributed by atoms with Gasteiger partial charge in [-0.15, -0.1) is 0 Å². The van der Waals surface area contributed by atoms with E-state index in [4.69, 9.17) is 5.73 Å². The summed E-state index contributed by atoms with van der Waals surface area (Å²) in [6, 6.07) is 4.47. The molecule has 1 aromatic carbocycles. The Labute approximate surface area is 112 Å². The number of amides is 1. The van der Waals surface area contributed by atoms with Gasteiger partial charge in [0, 0.05) is 27.1 Å². The van der Waals surface area contributed by atoms with Crippen molar-refractivity contribution in [1.29, 1.82) is 0 Å². The summed E-state index contributed by atoms with van der Waals surface area (Å²) in [6.45, 7) is 0.628. The molecular formula is C12H17N3O3S. The van der Waals surface area contributed by atoms with Crippen LogP contribution in [0.25, 0.3) is 0 Å². The van der Waals surface area contributed by atoms with Crippen molar-refractivity contribution in [2.24, 2.45) is 0 Å². The molecule has 0 atom stereocenters. The van der Waals surface area contributed by atoms with Gasteiger partial charge in [0.05, 0.1) is 16.3 Å². The third-order valence-electron chi connectivity index (χ3n) is 3.14. The molecule has 0 unspecified atom stereocenters. The molecule has 7 heteroatoms. The molecule has 104 valence electrons. The highest BCUT2D eigenvalue weighted by molar-refractivity contribution is 7.89. The highest BCUT2D eigenvalue weighted by Gasteiger charge is 2.25. The topological polar surface area (TPSA) is 83.7 Å². The molecular weight excluding hydrogens is 266 g/mol. The Bertz CT molecular complexity index is 611. The van der Waals surface area contributed by atoms with E-state index in [1.807, 2.05) is 0 Å². The molecule has 0 bridgehead atoms. The SMILES string of the molecule is CN(C)S(=O)(=O)c1ccc(N2CCCC2=O)c(N)c1. The number of hydrogen-bond acceptors (Lipinski definition) is 4. The van der Waals surface area contributed by atoms with Gasteiger partial charge in [0.15, 0.2) is 0 Å².